The molecular formula is C14H20N2O2. The number of hydrogen-bond donors (Lipinski definition) is 1. The Bertz CT molecular complexity index is 444. The quantitative estimate of drug-likeness (QED) is 0.827. The summed E-state index contributed by atoms with van der Waals surface area (Å²) in [5, 5.41) is 0. The van der Waals surface area contributed by atoms with Gasteiger partial charge < -0.3 is 20.1 Å². The summed E-state index contributed by atoms with van der Waals surface area (Å²) in [4.78, 5) is 2.33. The molecule has 1 heterocycles. The van der Waals surface area contributed by atoms with E-state index in [9.17, 15) is 0 Å². The molecule has 0 unspecified atom stereocenters. The van der Waals surface area contributed by atoms with Crippen molar-refractivity contribution in [3.05, 3.63) is 17.7 Å². The number of rotatable bonds is 4. The van der Waals surface area contributed by atoms with Gasteiger partial charge in [0.2, 0.25) is 0 Å². The van der Waals surface area contributed by atoms with E-state index in [0.29, 0.717) is 13.2 Å². The molecule has 0 bridgehead atoms. The van der Waals surface area contributed by atoms with Crippen LogP contribution in [0.5, 0.6) is 11.5 Å². The first-order chi connectivity index (χ1) is 8.72. The minimum absolute atomic E-state index is 0.605. The van der Waals surface area contributed by atoms with Crippen molar-refractivity contribution in [1.82, 2.24) is 4.90 Å². The highest BCUT2D eigenvalue weighted by atomic mass is 16.6. The van der Waals surface area contributed by atoms with Crippen molar-refractivity contribution < 1.29 is 9.47 Å². The van der Waals surface area contributed by atoms with Gasteiger partial charge in [-0.15, -0.1) is 0 Å². The molecule has 3 rings (SSSR count). The van der Waals surface area contributed by atoms with E-state index < -0.39 is 0 Å². The largest absolute Gasteiger partial charge is 0.486 e. The lowest BCUT2D eigenvalue weighted by Gasteiger charge is -2.22. The molecule has 1 aromatic rings. The van der Waals surface area contributed by atoms with E-state index in [4.69, 9.17) is 15.2 Å². The van der Waals surface area contributed by atoms with Gasteiger partial charge in [0.15, 0.2) is 11.5 Å². The first-order valence-corrected chi connectivity index (χ1v) is 6.59. The second kappa shape index (κ2) is 4.69. The minimum atomic E-state index is 0.605. The van der Waals surface area contributed by atoms with Crippen LogP contribution in [0, 0.1) is 5.92 Å². The molecule has 98 valence electrons. The summed E-state index contributed by atoms with van der Waals surface area (Å²) in [7, 11) is 2.15. The standard InChI is InChI=1S/C14H20N2O2/c1-16(8-10-2-3-10)9-11-6-13-14(7-12(11)15)18-5-4-17-13/h6-7,10H,2-5,8-9,15H2,1H3. The van der Waals surface area contributed by atoms with Gasteiger partial charge in [0.25, 0.3) is 0 Å². The second-order valence-corrected chi connectivity index (χ2v) is 5.33. The van der Waals surface area contributed by atoms with E-state index >= 15 is 0 Å². The highest BCUT2D eigenvalue weighted by molar-refractivity contribution is 5.58. The molecule has 0 atom stereocenters. The van der Waals surface area contributed by atoms with Crippen molar-refractivity contribution in [2.45, 2.75) is 19.4 Å². The summed E-state index contributed by atoms with van der Waals surface area (Å²) in [6.45, 7) is 3.26. The lowest BCUT2D eigenvalue weighted by Crippen LogP contribution is -2.22. The third-order valence-electron chi connectivity index (χ3n) is 3.51. The minimum Gasteiger partial charge on any atom is -0.486 e. The molecule has 1 aromatic carbocycles. The molecule has 0 radical (unpaired) electrons. The summed E-state index contributed by atoms with van der Waals surface area (Å²) in [5.41, 5.74) is 8.00. The molecule has 4 nitrogen and oxygen atoms in total. The maximum atomic E-state index is 6.08. The number of hydrogen-bond acceptors (Lipinski definition) is 4. The fourth-order valence-corrected chi connectivity index (χ4v) is 2.38. The van der Waals surface area contributed by atoms with Crippen molar-refractivity contribution >= 4 is 5.69 Å². The molecular weight excluding hydrogens is 228 g/mol. The number of fused-ring (bicyclic) bond motifs is 1. The number of nitrogens with zero attached hydrogens (tertiary/aromatic N) is 1. The number of benzene rings is 1. The van der Waals surface area contributed by atoms with Gasteiger partial charge in [-0.1, -0.05) is 0 Å². The van der Waals surface area contributed by atoms with Crippen LogP contribution in [0.25, 0.3) is 0 Å². The number of ether oxygens (including phenoxy) is 2. The van der Waals surface area contributed by atoms with Crippen LogP contribution in [0.1, 0.15) is 18.4 Å². The fraction of sp³-hybridized carbons (Fsp3) is 0.571. The summed E-state index contributed by atoms with van der Waals surface area (Å²) in [5.74, 6) is 2.49. The van der Waals surface area contributed by atoms with Gasteiger partial charge in [0.05, 0.1) is 0 Å². The zero-order valence-electron chi connectivity index (χ0n) is 10.8. The number of nitrogen functional groups attached to an aromatic ring is 1. The Labute approximate surface area is 108 Å². The van der Waals surface area contributed by atoms with Crippen LogP contribution >= 0.6 is 0 Å². The zero-order chi connectivity index (χ0) is 12.5. The predicted octanol–water partition coefficient (Wildman–Crippen LogP) is 1.88. The maximum absolute atomic E-state index is 6.08. The van der Waals surface area contributed by atoms with Crippen LogP contribution in [0.2, 0.25) is 0 Å². The van der Waals surface area contributed by atoms with Gasteiger partial charge in [-0.3, -0.25) is 0 Å². The summed E-state index contributed by atoms with van der Waals surface area (Å²) >= 11 is 0. The van der Waals surface area contributed by atoms with Crippen molar-refractivity contribution in [2.75, 3.05) is 32.5 Å². The maximum Gasteiger partial charge on any atom is 0.163 e. The first kappa shape index (κ1) is 11.7. The lowest BCUT2D eigenvalue weighted by atomic mass is 10.1. The molecule has 2 aliphatic rings. The van der Waals surface area contributed by atoms with Crippen LogP contribution in [-0.4, -0.2) is 31.7 Å². The van der Waals surface area contributed by atoms with Gasteiger partial charge in [-0.05, 0) is 37.4 Å². The molecule has 1 saturated carbocycles. The Morgan fingerprint density at radius 1 is 1.22 bits per heavy atom. The molecule has 2 N–H and O–H groups in total. The molecule has 18 heavy (non-hydrogen) atoms. The van der Waals surface area contributed by atoms with Gasteiger partial charge in [-0.2, -0.15) is 0 Å². The van der Waals surface area contributed by atoms with E-state index in [1.54, 1.807) is 0 Å². The van der Waals surface area contributed by atoms with Crippen molar-refractivity contribution in [3.8, 4) is 11.5 Å². The zero-order valence-corrected chi connectivity index (χ0v) is 10.8. The number of nitrogens with two attached hydrogens (primary N) is 1. The van der Waals surface area contributed by atoms with Crippen LogP contribution in [0.3, 0.4) is 0 Å². The first-order valence-electron chi connectivity index (χ1n) is 6.59. The van der Waals surface area contributed by atoms with E-state index in [2.05, 4.69) is 11.9 Å². The van der Waals surface area contributed by atoms with Crippen LogP contribution in [-0.2, 0) is 6.54 Å². The van der Waals surface area contributed by atoms with Crippen molar-refractivity contribution in [2.24, 2.45) is 5.92 Å². The Balaban J connectivity index is 1.73. The second-order valence-electron chi connectivity index (χ2n) is 5.33. The highest BCUT2D eigenvalue weighted by Crippen LogP contribution is 2.35. The third-order valence-corrected chi connectivity index (χ3v) is 3.51. The van der Waals surface area contributed by atoms with E-state index in [-0.39, 0.29) is 0 Å². The van der Waals surface area contributed by atoms with E-state index in [0.717, 1.165) is 41.8 Å². The molecule has 0 saturated heterocycles. The Hall–Kier alpha value is -1.42. The molecule has 0 amide bonds. The molecule has 1 aliphatic heterocycles. The molecule has 0 aromatic heterocycles. The lowest BCUT2D eigenvalue weighted by molar-refractivity contribution is 0.171. The summed E-state index contributed by atoms with van der Waals surface area (Å²) in [6, 6.07) is 3.90. The molecule has 0 spiro atoms. The van der Waals surface area contributed by atoms with Crippen LogP contribution in [0.4, 0.5) is 5.69 Å². The van der Waals surface area contributed by atoms with Crippen molar-refractivity contribution in [3.63, 3.8) is 0 Å². The summed E-state index contributed by atoms with van der Waals surface area (Å²) in [6.07, 6.45) is 2.75. The Morgan fingerprint density at radius 2 is 1.89 bits per heavy atom. The molecule has 1 fully saturated rings. The third kappa shape index (κ3) is 2.53. The van der Waals surface area contributed by atoms with Gasteiger partial charge in [-0.25, -0.2) is 0 Å². The topological polar surface area (TPSA) is 47.7 Å². The average Bonchev–Trinajstić information content (AvgIpc) is 3.14. The van der Waals surface area contributed by atoms with Gasteiger partial charge in [0.1, 0.15) is 13.2 Å². The Kier molecular flexibility index (Phi) is 3.04. The number of anilines is 1. The summed E-state index contributed by atoms with van der Waals surface area (Å²) < 4.78 is 11.1. The Morgan fingerprint density at radius 3 is 2.56 bits per heavy atom. The normalized spacial score (nSPS) is 18.1. The molecule has 4 heteroatoms. The van der Waals surface area contributed by atoms with Crippen LogP contribution < -0.4 is 15.2 Å². The fourth-order valence-electron chi connectivity index (χ4n) is 2.38. The SMILES string of the molecule is CN(Cc1cc2c(cc1N)OCCO2)CC1CC1. The monoisotopic (exact) mass is 248 g/mol. The van der Waals surface area contributed by atoms with Crippen LogP contribution in [0.15, 0.2) is 12.1 Å². The van der Waals surface area contributed by atoms with Gasteiger partial charge >= 0.3 is 0 Å². The highest BCUT2D eigenvalue weighted by Gasteiger charge is 2.23. The smallest absolute Gasteiger partial charge is 0.163 e. The van der Waals surface area contributed by atoms with E-state index in [1.807, 2.05) is 12.1 Å². The average molecular weight is 248 g/mol. The van der Waals surface area contributed by atoms with Crippen molar-refractivity contribution in [1.29, 1.82) is 0 Å². The molecule has 1 aliphatic carbocycles. The van der Waals surface area contributed by atoms with E-state index in [1.165, 1.54) is 12.8 Å². The van der Waals surface area contributed by atoms with Gasteiger partial charge in [0, 0.05) is 24.8 Å². The predicted molar refractivity (Wildman–Crippen MR) is 70.9 cm³/mol.